The Balaban J connectivity index is 2.46. The lowest BCUT2D eigenvalue weighted by Crippen LogP contribution is -2.19. The summed E-state index contributed by atoms with van der Waals surface area (Å²) in [5.41, 5.74) is 8.09. The molecule has 0 aliphatic heterocycles. The summed E-state index contributed by atoms with van der Waals surface area (Å²) in [6.07, 6.45) is 1.61. The number of rotatable bonds is 1. The highest BCUT2D eigenvalue weighted by Crippen LogP contribution is 2.19. The number of aromatic nitrogens is 3. The Kier molecular flexibility index (Phi) is 2.91. The van der Waals surface area contributed by atoms with Crippen LogP contribution in [0.3, 0.4) is 0 Å². The molecule has 0 amide bonds. The van der Waals surface area contributed by atoms with Crippen molar-refractivity contribution in [3.05, 3.63) is 57.7 Å². The monoisotopic (exact) mass is 286 g/mol. The van der Waals surface area contributed by atoms with Crippen LogP contribution in [-0.2, 0) is 0 Å². The van der Waals surface area contributed by atoms with Crippen molar-refractivity contribution < 1.29 is 0 Å². The second-order valence-corrected chi connectivity index (χ2v) is 4.81. The molecule has 2 N–H and O–H groups in total. The van der Waals surface area contributed by atoms with Crippen LogP contribution < -0.4 is 11.3 Å². The van der Waals surface area contributed by atoms with Crippen LogP contribution in [0.1, 0.15) is 5.56 Å². The molecule has 6 heteroatoms. The van der Waals surface area contributed by atoms with Gasteiger partial charge in [-0.1, -0.05) is 6.07 Å². The quantitative estimate of drug-likeness (QED) is 0.550. The van der Waals surface area contributed by atoms with Gasteiger partial charge in [0.2, 0.25) is 5.28 Å². The standard InChI is InChI=1S/C14H11ClN4O/c1-8-5-12(20)19(10-4-2-3-9(16)6-10)13-11(8)7-17-14(15)18-13/h2-7H,16H2,1H3. The van der Waals surface area contributed by atoms with E-state index in [0.29, 0.717) is 17.0 Å². The first kappa shape index (κ1) is 12.6. The normalized spacial score (nSPS) is 10.9. The lowest BCUT2D eigenvalue weighted by atomic mass is 10.2. The largest absolute Gasteiger partial charge is 0.399 e. The number of nitrogens with zero attached hydrogens (tertiary/aromatic N) is 3. The second kappa shape index (κ2) is 4.61. The fourth-order valence-corrected chi connectivity index (χ4v) is 2.27. The van der Waals surface area contributed by atoms with Gasteiger partial charge >= 0.3 is 0 Å². The molecule has 2 heterocycles. The number of nitrogens with two attached hydrogens (primary N) is 1. The maximum Gasteiger partial charge on any atom is 0.257 e. The van der Waals surface area contributed by atoms with Gasteiger partial charge in [0.25, 0.3) is 5.56 Å². The van der Waals surface area contributed by atoms with E-state index in [0.717, 1.165) is 10.9 Å². The molecule has 0 fully saturated rings. The molecule has 1 aromatic carbocycles. The second-order valence-electron chi connectivity index (χ2n) is 4.47. The van der Waals surface area contributed by atoms with Crippen LogP contribution in [-0.4, -0.2) is 14.5 Å². The van der Waals surface area contributed by atoms with E-state index in [9.17, 15) is 4.79 Å². The lowest BCUT2D eigenvalue weighted by molar-refractivity contribution is 0.998. The molecule has 5 nitrogen and oxygen atoms in total. The molecule has 3 aromatic rings. The highest BCUT2D eigenvalue weighted by Gasteiger charge is 2.11. The molecule has 2 aromatic heterocycles. The van der Waals surface area contributed by atoms with Crippen molar-refractivity contribution in [3.63, 3.8) is 0 Å². The van der Waals surface area contributed by atoms with E-state index in [1.165, 1.54) is 4.57 Å². The van der Waals surface area contributed by atoms with Gasteiger partial charge in [-0.05, 0) is 42.3 Å². The van der Waals surface area contributed by atoms with Crippen molar-refractivity contribution in [2.75, 3.05) is 5.73 Å². The number of nitrogen functional groups attached to an aromatic ring is 1. The van der Waals surface area contributed by atoms with E-state index in [-0.39, 0.29) is 10.8 Å². The van der Waals surface area contributed by atoms with Gasteiger partial charge in [-0.25, -0.2) is 4.98 Å². The third-order valence-electron chi connectivity index (χ3n) is 3.06. The average Bonchev–Trinajstić information content (AvgIpc) is 2.38. The van der Waals surface area contributed by atoms with Crippen molar-refractivity contribution in [1.29, 1.82) is 0 Å². The minimum atomic E-state index is -0.185. The molecule has 0 bridgehead atoms. The average molecular weight is 287 g/mol. The number of benzene rings is 1. The predicted octanol–water partition coefficient (Wildman–Crippen LogP) is 2.32. The Hall–Kier alpha value is -2.40. The first-order valence-corrected chi connectivity index (χ1v) is 6.35. The fourth-order valence-electron chi connectivity index (χ4n) is 2.15. The summed E-state index contributed by atoms with van der Waals surface area (Å²) in [7, 11) is 0. The molecule has 0 atom stereocenters. The molecule has 0 aliphatic rings. The van der Waals surface area contributed by atoms with Crippen molar-refractivity contribution in [2.24, 2.45) is 0 Å². The third-order valence-corrected chi connectivity index (χ3v) is 3.25. The molecule has 0 saturated heterocycles. The van der Waals surface area contributed by atoms with E-state index in [2.05, 4.69) is 9.97 Å². The van der Waals surface area contributed by atoms with Crippen LogP contribution in [0.2, 0.25) is 5.28 Å². The zero-order chi connectivity index (χ0) is 14.3. The van der Waals surface area contributed by atoms with Gasteiger partial charge in [0.05, 0.1) is 5.69 Å². The summed E-state index contributed by atoms with van der Waals surface area (Å²) in [6.45, 7) is 1.84. The summed E-state index contributed by atoms with van der Waals surface area (Å²) in [5, 5.41) is 0.872. The molecule has 0 saturated carbocycles. The Morgan fingerprint density at radius 2 is 2.10 bits per heavy atom. The molecule has 0 unspecified atom stereocenters. The molecule has 0 spiro atoms. The van der Waals surface area contributed by atoms with E-state index in [1.54, 1.807) is 36.5 Å². The molecular formula is C14H11ClN4O. The number of aryl methyl sites for hydroxylation is 1. The number of halogens is 1. The van der Waals surface area contributed by atoms with Gasteiger partial charge in [0, 0.05) is 23.3 Å². The maximum atomic E-state index is 12.3. The van der Waals surface area contributed by atoms with Crippen LogP contribution in [0.25, 0.3) is 16.7 Å². The number of pyridine rings is 1. The first-order chi connectivity index (χ1) is 9.56. The number of anilines is 1. The number of fused-ring (bicyclic) bond motifs is 1. The molecule has 0 radical (unpaired) electrons. The van der Waals surface area contributed by atoms with E-state index in [1.807, 2.05) is 6.92 Å². The third kappa shape index (κ3) is 2.02. The molecule has 20 heavy (non-hydrogen) atoms. The van der Waals surface area contributed by atoms with E-state index in [4.69, 9.17) is 17.3 Å². The van der Waals surface area contributed by atoms with Crippen molar-refractivity contribution in [1.82, 2.24) is 14.5 Å². The summed E-state index contributed by atoms with van der Waals surface area (Å²) >= 11 is 5.85. The minimum Gasteiger partial charge on any atom is -0.399 e. The molecular weight excluding hydrogens is 276 g/mol. The number of hydrogen-bond acceptors (Lipinski definition) is 4. The smallest absolute Gasteiger partial charge is 0.257 e. The van der Waals surface area contributed by atoms with Gasteiger partial charge in [0.15, 0.2) is 5.65 Å². The van der Waals surface area contributed by atoms with Crippen LogP contribution in [0.4, 0.5) is 5.69 Å². The number of hydrogen-bond donors (Lipinski definition) is 1. The van der Waals surface area contributed by atoms with Crippen molar-refractivity contribution >= 4 is 28.3 Å². The van der Waals surface area contributed by atoms with Gasteiger partial charge < -0.3 is 5.73 Å². The highest BCUT2D eigenvalue weighted by molar-refractivity contribution is 6.28. The Morgan fingerprint density at radius 3 is 2.85 bits per heavy atom. The highest BCUT2D eigenvalue weighted by atomic mass is 35.5. The zero-order valence-corrected chi connectivity index (χ0v) is 11.4. The van der Waals surface area contributed by atoms with Crippen molar-refractivity contribution in [3.8, 4) is 5.69 Å². The molecule has 100 valence electrons. The summed E-state index contributed by atoms with van der Waals surface area (Å²) in [5.74, 6) is 0. The Bertz CT molecular complexity index is 873. The van der Waals surface area contributed by atoms with E-state index >= 15 is 0 Å². The summed E-state index contributed by atoms with van der Waals surface area (Å²) < 4.78 is 1.48. The van der Waals surface area contributed by atoms with Gasteiger partial charge in [-0.15, -0.1) is 0 Å². The summed E-state index contributed by atoms with van der Waals surface area (Å²) in [4.78, 5) is 20.4. The minimum absolute atomic E-state index is 0.0974. The molecule has 0 aliphatic carbocycles. The van der Waals surface area contributed by atoms with Crippen LogP contribution >= 0.6 is 11.6 Å². The summed E-state index contributed by atoms with van der Waals surface area (Å²) in [6, 6.07) is 8.59. The Morgan fingerprint density at radius 1 is 1.30 bits per heavy atom. The zero-order valence-electron chi connectivity index (χ0n) is 10.7. The van der Waals surface area contributed by atoms with Crippen LogP contribution in [0.15, 0.2) is 41.3 Å². The van der Waals surface area contributed by atoms with Gasteiger partial charge in [0.1, 0.15) is 0 Å². The molecule has 3 rings (SSSR count). The Labute approximate surface area is 119 Å². The lowest BCUT2D eigenvalue weighted by Gasteiger charge is -2.11. The van der Waals surface area contributed by atoms with Crippen LogP contribution in [0.5, 0.6) is 0 Å². The van der Waals surface area contributed by atoms with Crippen molar-refractivity contribution in [2.45, 2.75) is 6.92 Å². The van der Waals surface area contributed by atoms with E-state index < -0.39 is 0 Å². The fraction of sp³-hybridized carbons (Fsp3) is 0.0714. The SMILES string of the molecule is Cc1cc(=O)n(-c2cccc(N)c2)c2nc(Cl)ncc12. The van der Waals surface area contributed by atoms with Gasteiger partial charge in [-0.2, -0.15) is 4.98 Å². The topological polar surface area (TPSA) is 73.8 Å². The van der Waals surface area contributed by atoms with Crippen LogP contribution in [0, 0.1) is 6.92 Å². The van der Waals surface area contributed by atoms with Gasteiger partial charge in [-0.3, -0.25) is 9.36 Å². The maximum absolute atomic E-state index is 12.3. The first-order valence-electron chi connectivity index (χ1n) is 5.97. The predicted molar refractivity (Wildman–Crippen MR) is 79.3 cm³/mol.